The van der Waals surface area contributed by atoms with Crippen molar-refractivity contribution in [2.45, 2.75) is 51.6 Å². The first-order chi connectivity index (χ1) is 18.3. The molecule has 4 nitrogen and oxygen atoms in total. The molecular weight excluding hydrogens is 475 g/mol. The van der Waals surface area contributed by atoms with Crippen molar-refractivity contribution in [3.8, 4) is 0 Å². The molecule has 0 saturated carbocycles. The zero-order chi connectivity index (χ0) is 26.7. The quantitative estimate of drug-likeness (QED) is 0.235. The van der Waals surface area contributed by atoms with Gasteiger partial charge in [-0.15, -0.1) is 0 Å². The Bertz CT molecular complexity index is 1510. The van der Waals surface area contributed by atoms with Gasteiger partial charge in [-0.3, -0.25) is 4.79 Å². The van der Waals surface area contributed by atoms with Crippen molar-refractivity contribution >= 4 is 16.8 Å². The number of amides is 1. The van der Waals surface area contributed by atoms with E-state index in [1.54, 1.807) is 6.26 Å². The van der Waals surface area contributed by atoms with Gasteiger partial charge in [0.2, 0.25) is 5.91 Å². The van der Waals surface area contributed by atoms with E-state index >= 15 is 0 Å². The maximum Gasteiger partial charge on any atom is 0.221 e. The van der Waals surface area contributed by atoms with Crippen molar-refractivity contribution in [3.63, 3.8) is 0 Å². The third kappa shape index (κ3) is 5.72. The molecule has 2 heterocycles. The van der Waals surface area contributed by atoms with Gasteiger partial charge in [-0.2, -0.15) is 0 Å². The Balaban J connectivity index is 1.52. The first-order valence-electron chi connectivity index (χ1n) is 13.0. The minimum atomic E-state index is -0.244. The summed E-state index contributed by atoms with van der Waals surface area (Å²) in [6.07, 6.45) is 4.06. The topological polar surface area (TPSA) is 47.2 Å². The van der Waals surface area contributed by atoms with Gasteiger partial charge in [0.15, 0.2) is 0 Å². The van der Waals surface area contributed by atoms with Gasteiger partial charge in [0.25, 0.3) is 0 Å². The highest BCUT2D eigenvalue weighted by Crippen LogP contribution is 2.36. The summed E-state index contributed by atoms with van der Waals surface area (Å²) in [5.74, 6) is 0.299. The molecule has 0 bridgehead atoms. The van der Waals surface area contributed by atoms with Crippen molar-refractivity contribution in [2.75, 3.05) is 0 Å². The third-order valence-corrected chi connectivity index (χ3v) is 7.07. The fourth-order valence-corrected chi connectivity index (χ4v) is 4.95. The Labute approximate surface area is 223 Å². The normalized spacial score (nSPS) is 12.5. The van der Waals surface area contributed by atoms with Crippen LogP contribution >= 0.6 is 0 Å². The van der Waals surface area contributed by atoms with Crippen LogP contribution in [0.15, 0.2) is 102 Å². The molecule has 0 aliphatic heterocycles. The zero-order valence-electron chi connectivity index (χ0n) is 22.1. The van der Waals surface area contributed by atoms with E-state index in [9.17, 15) is 9.18 Å². The number of nitrogens with zero attached hydrogens (tertiary/aromatic N) is 1. The molecule has 1 N–H and O–H groups in total. The van der Waals surface area contributed by atoms with E-state index < -0.39 is 0 Å². The molecule has 2 aromatic heterocycles. The summed E-state index contributed by atoms with van der Waals surface area (Å²) >= 11 is 0. The number of halogens is 1. The number of aromatic nitrogens is 1. The average Bonchev–Trinajstić information content (AvgIpc) is 3.56. The predicted molar refractivity (Wildman–Crippen MR) is 150 cm³/mol. The highest BCUT2D eigenvalue weighted by Gasteiger charge is 2.24. The number of carbonyl (C=O) groups is 1. The van der Waals surface area contributed by atoms with Crippen LogP contribution in [0.3, 0.4) is 0 Å². The second-order valence-corrected chi connectivity index (χ2v) is 10.8. The Kier molecular flexibility index (Phi) is 7.19. The lowest BCUT2D eigenvalue weighted by Crippen LogP contribution is -2.24. The molecule has 0 saturated heterocycles. The summed E-state index contributed by atoms with van der Waals surface area (Å²) in [5, 5.41) is 4.13. The van der Waals surface area contributed by atoms with Crippen molar-refractivity contribution in [1.82, 2.24) is 9.88 Å². The van der Waals surface area contributed by atoms with Gasteiger partial charge in [-0.05, 0) is 58.0 Å². The van der Waals surface area contributed by atoms with Crippen LogP contribution in [0.2, 0.25) is 0 Å². The molecule has 1 amide bonds. The first-order valence-corrected chi connectivity index (χ1v) is 13.0. The Hall–Kier alpha value is -4.12. The number of para-hydroxylation sites is 1. The van der Waals surface area contributed by atoms with Crippen LogP contribution in [0.25, 0.3) is 10.9 Å². The van der Waals surface area contributed by atoms with E-state index in [-0.39, 0.29) is 23.1 Å². The summed E-state index contributed by atoms with van der Waals surface area (Å²) in [6, 6.07) is 27.2. The molecule has 5 aromatic rings. The van der Waals surface area contributed by atoms with E-state index in [0.29, 0.717) is 19.5 Å². The van der Waals surface area contributed by atoms with E-state index in [2.05, 4.69) is 73.3 Å². The largest absolute Gasteiger partial charge is 0.467 e. The zero-order valence-corrected chi connectivity index (χ0v) is 22.1. The van der Waals surface area contributed by atoms with Crippen molar-refractivity contribution in [2.24, 2.45) is 0 Å². The monoisotopic (exact) mass is 508 g/mol. The second-order valence-electron chi connectivity index (χ2n) is 10.8. The van der Waals surface area contributed by atoms with E-state index in [1.165, 1.54) is 17.7 Å². The van der Waals surface area contributed by atoms with E-state index in [4.69, 9.17) is 4.42 Å². The lowest BCUT2D eigenvalue weighted by molar-refractivity contribution is -0.121. The van der Waals surface area contributed by atoms with Crippen molar-refractivity contribution in [1.29, 1.82) is 0 Å². The third-order valence-electron chi connectivity index (χ3n) is 7.07. The fraction of sp³-hybridized carbons (Fsp3) is 0.242. The second kappa shape index (κ2) is 10.7. The summed E-state index contributed by atoms with van der Waals surface area (Å²) < 4.78 is 21.1. The maximum atomic E-state index is 13.5. The summed E-state index contributed by atoms with van der Waals surface area (Å²) in [7, 11) is 0. The Morgan fingerprint density at radius 1 is 0.947 bits per heavy atom. The van der Waals surface area contributed by atoms with Gasteiger partial charge in [0, 0.05) is 36.0 Å². The molecule has 5 heteroatoms. The lowest BCUT2D eigenvalue weighted by atomic mass is 9.83. The molecular formula is C33H33FN2O2. The number of rotatable bonds is 8. The number of fused-ring (bicyclic) bond motifs is 1. The molecule has 0 fully saturated rings. The molecule has 0 spiro atoms. The average molecular weight is 509 g/mol. The van der Waals surface area contributed by atoms with Crippen molar-refractivity contribution in [3.05, 3.63) is 131 Å². The molecule has 3 aromatic carbocycles. The van der Waals surface area contributed by atoms with Crippen LogP contribution in [0.1, 0.15) is 61.1 Å². The number of carbonyl (C=O) groups excluding carboxylic acids is 1. The van der Waals surface area contributed by atoms with Crippen LogP contribution in [0, 0.1) is 5.82 Å². The minimum absolute atomic E-state index is 0.0401. The predicted octanol–water partition coefficient (Wildman–Crippen LogP) is 7.56. The number of nitrogens with one attached hydrogen (secondary N) is 1. The van der Waals surface area contributed by atoms with Gasteiger partial charge in [0.1, 0.15) is 11.6 Å². The van der Waals surface area contributed by atoms with Crippen LogP contribution in [0.5, 0.6) is 0 Å². The van der Waals surface area contributed by atoms with Gasteiger partial charge in [-0.25, -0.2) is 4.39 Å². The Morgan fingerprint density at radius 3 is 2.37 bits per heavy atom. The van der Waals surface area contributed by atoms with Crippen LogP contribution in [-0.2, 0) is 23.3 Å². The van der Waals surface area contributed by atoms with Gasteiger partial charge in [-0.1, -0.05) is 75.4 Å². The SMILES string of the molecule is CC(C)(C)c1ccc(C(CC(=O)NCc2ccco2)c2cn(Cc3ccc(F)cc3)c3ccccc23)cc1. The summed E-state index contributed by atoms with van der Waals surface area (Å²) in [5.41, 5.74) is 5.58. The molecule has 0 aliphatic carbocycles. The number of hydrogen-bond acceptors (Lipinski definition) is 2. The minimum Gasteiger partial charge on any atom is -0.467 e. The van der Waals surface area contributed by atoms with Gasteiger partial charge >= 0.3 is 0 Å². The van der Waals surface area contributed by atoms with Crippen LogP contribution < -0.4 is 5.32 Å². The van der Waals surface area contributed by atoms with Gasteiger partial charge < -0.3 is 14.3 Å². The van der Waals surface area contributed by atoms with E-state index in [1.807, 2.05) is 36.4 Å². The maximum absolute atomic E-state index is 13.5. The first kappa shape index (κ1) is 25.5. The lowest BCUT2D eigenvalue weighted by Gasteiger charge is -2.22. The molecule has 0 radical (unpaired) electrons. The number of benzene rings is 3. The summed E-state index contributed by atoms with van der Waals surface area (Å²) in [4.78, 5) is 13.2. The van der Waals surface area contributed by atoms with Gasteiger partial charge in [0.05, 0.1) is 12.8 Å². The molecule has 5 rings (SSSR count). The van der Waals surface area contributed by atoms with Crippen LogP contribution in [-0.4, -0.2) is 10.5 Å². The highest BCUT2D eigenvalue weighted by atomic mass is 19.1. The van der Waals surface area contributed by atoms with Crippen LogP contribution in [0.4, 0.5) is 4.39 Å². The molecule has 38 heavy (non-hydrogen) atoms. The Morgan fingerprint density at radius 2 is 1.68 bits per heavy atom. The fourth-order valence-electron chi connectivity index (χ4n) is 4.95. The molecule has 1 atom stereocenters. The number of furan rings is 1. The van der Waals surface area contributed by atoms with E-state index in [0.717, 1.165) is 33.4 Å². The molecule has 1 unspecified atom stereocenters. The number of hydrogen-bond donors (Lipinski definition) is 1. The smallest absolute Gasteiger partial charge is 0.221 e. The van der Waals surface area contributed by atoms with Crippen molar-refractivity contribution < 1.29 is 13.6 Å². The summed E-state index contributed by atoms with van der Waals surface area (Å²) in [6.45, 7) is 7.56. The standard InChI is InChI=1S/C33H33FN2O2/c1-33(2,3)25-14-12-24(13-15-25)29(19-32(37)35-20-27-7-6-18-38-27)30-22-36(31-9-5-4-8-28(30)31)21-23-10-16-26(34)17-11-23/h4-18,22,29H,19-21H2,1-3H3,(H,35,37). The molecule has 0 aliphatic rings. The highest BCUT2D eigenvalue weighted by molar-refractivity contribution is 5.86. The molecule has 194 valence electrons.